The number of hydrogen-bond donors (Lipinski definition) is 0. The Hall–Kier alpha value is -9.26. The van der Waals surface area contributed by atoms with Crippen molar-refractivity contribution in [2.24, 2.45) is 0 Å². The molecule has 0 amide bonds. The lowest BCUT2D eigenvalue weighted by molar-refractivity contribution is -0.406. The lowest BCUT2D eigenvalue weighted by Crippen LogP contribution is -2.26. The van der Waals surface area contributed by atoms with Gasteiger partial charge in [-0.05, 0) is 184 Å². The monoisotopic (exact) mass is 1260 g/mol. The summed E-state index contributed by atoms with van der Waals surface area (Å²) in [6.07, 6.45) is 12.9. The molecule has 452 valence electrons. The molecule has 6 aromatic heterocycles. The van der Waals surface area contributed by atoms with Crippen LogP contribution in [0.5, 0.6) is 0 Å². The first kappa shape index (κ1) is 62.4. The third-order valence-corrected chi connectivity index (χ3v) is 19.8. The zero-order chi connectivity index (χ0) is 63.5. The fourth-order valence-corrected chi connectivity index (χ4v) is 14.4. The summed E-state index contributed by atoms with van der Waals surface area (Å²) < 4.78 is 71.6. The van der Waals surface area contributed by atoms with Crippen LogP contribution in [0.4, 0.5) is 11.6 Å². The number of thiophene rings is 2. The molecule has 2 aliphatic rings. The van der Waals surface area contributed by atoms with Gasteiger partial charge >= 0.3 is 11.6 Å². The molecule has 12 aromatic rings. The molecule has 90 heavy (non-hydrogen) atoms. The first-order chi connectivity index (χ1) is 43.1. The number of allylic oxidation sites excluding steroid dienone is 2. The normalized spacial score (nSPS) is 14.1. The SMILES string of the molecule is C[N+]1=C(C=Cc2c(-c3cccs3)n(-c3ccccc3)c3ccccc23)C(C)(C)c2cccnc21.C[N+]1=C(C=Cc2c(-c3cccs3)n(-c3ccccc3)c3ccccc23)C(C)(C)c2cccnc21.Cc1ccc(S(=O)(=O)[O-])cc1.Cc1ccc(S(=O)(=O)[O-])cc1. The summed E-state index contributed by atoms with van der Waals surface area (Å²) in [5.74, 6) is 2.08. The van der Waals surface area contributed by atoms with Crippen molar-refractivity contribution in [2.45, 2.75) is 62.2 Å². The van der Waals surface area contributed by atoms with Crippen LogP contribution in [0.2, 0.25) is 0 Å². The van der Waals surface area contributed by atoms with Gasteiger partial charge in [0.15, 0.2) is 0 Å². The van der Waals surface area contributed by atoms with Crippen molar-refractivity contribution >= 4 is 99.9 Å². The summed E-state index contributed by atoms with van der Waals surface area (Å²) in [5.41, 5.74) is 16.4. The quantitative estimate of drug-likeness (QED) is 0.0968. The zero-order valence-electron chi connectivity index (χ0n) is 51.0. The van der Waals surface area contributed by atoms with Crippen LogP contribution in [0, 0.1) is 13.8 Å². The Morgan fingerprint density at radius 1 is 0.433 bits per heavy atom. The Morgan fingerprint density at radius 3 is 1.12 bits per heavy atom. The van der Waals surface area contributed by atoms with Crippen molar-refractivity contribution in [2.75, 3.05) is 14.1 Å². The van der Waals surface area contributed by atoms with Gasteiger partial charge < -0.3 is 18.2 Å². The molecule has 0 N–H and O–H groups in total. The minimum absolute atomic E-state index is 0.115. The average Bonchev–Trinajstić information content (AvgIpc) is 1.70. The fourth-order valence-electron chi connectivity index (χ4n) is 11.9. The van der Waals surface area contributed by atoms with Crippen molar-refractivity contribution in [3.05, 3.63) is 275 Å². The van der Waals surface area contributed by atoms with E-state index in [0.29, 0.717) is 0 Å². The molecular formula is C74H66N6O6S4. The largest absolute Gasteiger partial charge is 0.744 e. The fraction of sp³-hybridized carbons (Fsp3) is 0.135. The van der Waals surface area contributed by atoms with Crippen LogP contribution >= 0.6 is 22.7 Å². The number of benzene rings is 6. The van der Waals surface area contributed by atoms with Gasteiger partial charge in [-0.3, -0.25) is 0 Å². The van der Waals surface area contributed by atoms with E-state index in [0.717, 1.165) is 22.8 Å². The molecule has 8 heterocycles. The van der Waals surface area contributed by atoms with Crippen molar-refractivity contribution in [1.82, 2.24) is 19.1 Å². The molecule has 0 bridgehead atoms. The highest BCUT2D eigenvalue weighted by Crippen LogP contribution is 2.44. The summed E-state index contributed by atoms with van der Waals surface area (Å²) in [4.78, 5) is 11.5. The maximum Gasteiger partial charge on any atom is 0.327 e. The second-order valence-corrected chi connectivity index (χ2v) is 27.6. The number of pyridine rings is 2. The summed E-state index contributed by atoms with van der Waals surface area (Å²) in [6.45, 7) is 12.8. The number of rotatable bonds is 10. The molecule has 0 saturated carbocycles. The van der Waals surface area contributed by atoms with E-state index in [1.165, 1.54) is 112 Å². The Bertz CT molecular complexity index is 4630. The standard InChI is InChI=1S/2C30H26N3S.2C7H8O3S/c2*1-30(2)24-14-9-19-31-29(24)32(3)27(30)18-17-23-22-13-7-8-15-25(22)33(21-11-5-4-6-12-21)28(23)26-16-10-20-34-26;2*1-6-2-4-7(5-3-6)11(8,9)10/h2*4-20H,1-3H3;2*2-5H,1H3,(H,8,9,10)/q2*+1;;/p-2. The Balaban J connectivity index is 0.000000139. The minimum atomic E-state index is -4.27. The van der Waals surface area contributed by atoms with Crippen molar-refractivity contribution in [3.8, 4) is 32.5 Å². The maximum atomic E-state index is 10.4. The second-order valence-electron chi connectivity index (χ2n) is 22.9. The summed E-state index contributed by atoms with van der Waals surface area (Å²) >= 11 is 3.56. The molecular weight excluding hydrogens is 1200 g/mol. The second kappa shape index (κ2) is 25.7. The number of para-hydroxylation sites is 4. The summed E-state index contributed by atoms with van der Waals surface area (Å²) in [6, 6.07) is 67.4. The number of nitrogens with zero attached hydrogens (tertiary/aromatic N) is 6. The summed E-state index contributed by atoms with van der Waals surface area (Å²) in [5, 5.41) is 6.81. The zero-order valence-corrected chi connectivity index (χ0v) is 54.3. The molecule has 0 atom stereocenters. The molecule has 0 radical (unpaired) electrons. The predicted molar refractivity (Wildman–Crippen MR) is 366 cm³/mol. The molecule has 0 fully saturated rings. The van der Waals surface area contributed by atoms with Gasteiger partial charge in [-0.1, -0.05) is 120 Å². The highest BCUT2D eigenvalue weighted by atomic mass is 32.2. The molecule has 2 aliphatic heterocycles. The van der Waals surface area contributed by atoms with Crippen LogP contribution < -0.4 is 0 Å². The van der Waals surface area contributed by atoms with Gasteiger partial charge in [-0.2, -0.15) is 0 Å². The lowest BCUT2D eigenvalue weighted by Gasteiger charge is -2.17. The van der Waals surface area contributed by atoms with Gasteiger partial charge in [0.05, 0.1) is 78.0 Å². The maximum absolute atomic E-state index is 10.4. The van der Waals surface area contributed by atoms with Crippen molar-refractivity contribution in [3.63, 3.8) is 0 Å². The van der Waals surface area contributed by atoms with E-state index in [9.17, 15) is 25.9 Å². The number of hydrogen-bond acceptors (Lipinski definition) is 10. The van der Waals surface area contributed by atoms with Crippen LogP contribution in [-0.4, -0.2) is 79.7 Å². The van der Waals surface area contributed by atoms with E-state index in [1.807, 2.05) is 38.4 Å². The Morgan fingerprint density at radius 2 is 0.789 bits per heavy atom. The van der Waals surface area contributed by atoms with Crippen LogP contribution in [0.15, 0.2) is 251 Å². The molecule has 0 unspecified atom stereocenters. The van der Waals surface area contributed by atoms with Crippen LogP contribution in [0.1, 0.15) is 61.1 Å². The van der Waals surface area contributed by atoms with Crippen molar-refractivity contribution in [1.29, 1.82) is 0 Å². The van der Waals surface area contributed by atoms with Crippen LogP contribution in [0.3, 0.4) is 0 Å². The molecule has 0 aliphatic carbocycles. The van der Waals surface area contributed by atoms with Crippen LogP contribution in [0.25, 0.3) is 66.5 Å². The molecule has 14 rings (SSSR count). The first-order valence-electron chi connectivity index (χ1n) is 29.1. The van der Waals surface area contributed by atoms with E-state index in [-0.39, 0.29) is 20.6 Å². The average molecular weight is 1260 g/mol. The minimum Gasteiger partial charge on any atom is -0.744 e. The van der Waals surface area contributed by atoms with E-state index in [4.69, 9.17) is 0 Å². The van der Waals surface area contributed by atoms with Crippen molar-refractivity contribution < 1.29 is 35.1 Å². The highest BCUT2D eigenvalue weighted by Gasteiger charge is 2.43. The van der Waals surface area contributed by atoms with E-state index < -0.39 is 20.2 Å². The summed E-state index contributed by atoms with van der Waals surface area (Å²) in [7, 11) is -4.30. The van der Waals surface area contributed by atoms with Gasteiger partial charge in [-0.25, -0.2) is 26.0 Å². The topological polar surface area (TPSA) is 156 Å². The van der Waals surface area contributed by atoms with E-state index in [1.54, 1.807) is 46.9 Å². The van der Waals surface area contributed by atoms with Gasteiger partial charge in [0.1, 0.15) is 44.1 Å². The smallest absolute Gasteiger partial charge is 0.327 e. The third-order valence-electron chi connectivity index (χ3n) is 16.4. The Labute approximate surface area is 534 Å². The van der Waals surface area contributed by atoms with E-state index >= 15 is 0 Å². The highest BCUT2D eigenvalue weighted by molar-refractivity contribution is 7.86. The molecule has 16 heteroatoms. The van der Waals surface area contributed by atoms with Gasteiger partial charge in [0.2, 0.25) is 0 Å². The molecule has 0 saturated heterocycles. The first-order valence-corrected chi connectivity index (χ1v) is 33.7. The molecule has 12 nitrogen and oxygen atoms in total. The number of aryl methyl sites for hydroxylation is 2. The number of fused-ring (bicyclic) bond motifs is 4. The lowest BCUT2D eigenvalue weighted by atomic mass is 9.82. The van der Waals surface area contributed by atoms with Gasteiger partial charge in [-0.15, -0.1) is 22.7 Å². The van der Waals surface area contributed by atoms with Crippen LogP contribution in [-0.2, 0) is 31.1 Å². The molecule has 6 aromatic carbocycles. The third kappa shape index (κ3) is 12.5. The van der Waals surface area contributed by atoms with E-state index in [2.05, 4.69) is 251 Å². The van der Waals surface area contributed by atoms with Gasteiger partial charge in [0, 0.05) is 33.3 Å². The predicted octanol–water partition coefficient (Wildman–Crippen LogP) is 16.7. The Kier molecular flexibility index (Phi) is 17.8. The molecule has 0 spiro atoms. The van der Waals surface area contributed by atoms with Gasteiger partial charge in [0.25, 0.3) is 0 Å². The number of aromatic nitrogens is 4.